The molecule has 3 fully saturated rings. The van der Waals surface area contributed by atoms with E-state index in [2.05, 4.69) is 5.32 Å². The van der Waals surface area contributed by atoms with Gasteiger partial charge in [0, 0.05) is 12.5 Å². The van der Waals surface area contributed by atoms with E-state index in [0.29, 0.717) is 24.3 Å². The van der Waals surface area contributed by atoms with Crippen molar-refractivity contribution in [3.05, 3.63) is 0 Å². The fourth-order valence-corrected chi connectivity index (χ4v) is 4.35. The lowest BCUT2D eigenvalue weighted by Crippen LogP contribution is -2.53. The third-order valence-electron chi connectivity index (χ3n) is 5.41. The average Bonchev–Trinajstić information content (AvgIpc) is 3.04. The zero-order valence-electron chi connectivity index (χ0n) is 10.6. The molecule has 3 unspecified atom stereocenters. The molecule has 3 rings (SSSR count). The number of carbonyl (C=O) groups is 1. The molecule has 3 aliphatic rings. The first-order valence-corrected chi connectivity index (χ1v) is 7.24. The molecule has 3 heteroatoms. The molecule has 0 aliphatic heterocycles. The Balaban J connectivity index is 1.63. The van der Waals surface area contributed by atoms with Gasteiger partial charge in [0.25, 0.3) is 0 Å². The van der Waals surface area contributed by atoms with E-state index in [9.17, 15) is 4.79 Å². The summed E-state index contributed by atoms with van der Waals surface area (Å²) < 4.78 is 0. The normalized spacial score (nSPS) is 38.5. The number of hydrogen-bond donors (Lipinski definition) is 2. The highest BCUT2D eigenvalue weighted by molar-refractivity contribution is 5.80. The van der Waals surface area contributed by atoms with Crippen molar-refractivity contribution >= 4 is 5.91 Å². The van der Waals surface area contributed by atoms with E-state index in [1.165, 1.54) is 32.1 Å². The van der Waals surface area contributed by atoms with Crippen molar-refractivity contribution in [2.45, 2.75) is 56.9 Å². The van der Waals surface area contributed by atoms with Gasteiger partial charge in [0.15, 0.2) is 0 Å². The first-order chi connectivity index (χ1) is 8.22. The molecule has 1 amide bonds. The van der Waals surface area contributed by atoms with Crippen molar-refractivity contribution in [2.24, 2.45) is 23.5 Å². The molecular formula is C14H24N2O. The summed E-state index contributed by atoms with van der Waals surface area (Å²) in [5.74, 6) is 2.13. The molecule has 0 aromatic rings. The molecule has 0 spiro atoms. The van der Waals surface area contributed by atoms with Gasteiger partial charge in [0.05, 0.1) is 5.54 Å². The van der Waals surface area contributed by atoms with Crippen molar-refractivity contribution < 1.29 is 4.79 Å². The van der Waals surface area contributed by atoms with Gasteiger partial charge < -0.3 is 11.1 Å². The number of nitrogens with two attached hydrogens (primary N) is 1. The Kier molecular flexibility index (Phi) is 2.89. The number of rotatable bonds is 3. The van der Waals surface area contributed by atoms with Gasteiger partial charge in [0.2, 0.25) is 5.91 Å². The summed E-state index contributed by atoms with van der Waals surface area (Å²) in [7, 11) is 0. The van der Waals surface area contributed by atoms with Crippen molar-refractivity contribution in [1.29, 1.82) is 0 Å². The maximum atomic E-state index is 12.4. The van der Waals surface area contributed by atoms with E-state index in [1.807, 2.05) is 0 Å². The summed E-state index contributed by atoms with van der Waals surface area (Å²) in [6.07, 6.45) is 9.66. The molecule has 0 saturated heterocycles. The number of amides is 1. The van der Waals surface area contributed by atoms with Crippen LogP contribution in [-0.2, 0) is 4.79 Å². The Morgan fingerprint density at radius 3 is 2.53 bits per heavy atom. The van der Waals surface area contributed by atoms with Crippen molar-refractivity contribution in [1.82, 2.24) is 5.32 Å². The molecule has 0 heterocycles. The quantitative estimate of drug-likeness (QED) is 0.785. The summed E-state index contributed by atoms with van der Waals surface area (Å²) in [6.45, 7) is 0.611. The fraction of sp³-hybridized carbons (Fsp3) is 0.929. The van der Waals surface area contributed by atoms with Crippen LogP contribution in [0.2, 0.25) is 0 Å². The zero-order chi connectivity index (χ0) is 11.9. The van der Waals surface area contributed by atoms with Crippen LogP contribution in [-0.4, -0.2) is 18.0 Å². The molecule has 3 nitrogen and oxygen atoms in total. The van der Waals surface area contributed by atoms with E-state index in [4.69, 9.17) is 5.73 Å². The second kappa shape index (κ2) is 4.27. The molecule has 3 aliphatic carbocycles. The van der Waals surface area contributed by atoms with Crippen LogP contribution < -0.4 is 11.1 Å². The van der Waals surface area contributed by atoms with Gasteiger partial charge in [-0.2, -0.15) is 0 Å². The number of hydrogen-bond acceptors (Lipinski definition) is 2. The summed E-state index contributed by atoms with van der Waals surface area (Å²) in [6, 6.07) is 0. The third kappa shape index (κ3) is 1.99. The average molecular weight is 236 g/mol. The second-order valence-electron chi connectivity index (χ2n) is 6.46. The van der Waals surface area contributed by atoms with Gasteiger partial charge >= 0.3 is 0 Å². The highest BCUT2D eigenvalue weighted by atomic mass is 16.2. The SMILES string of the molecule is NCC1(NC(=O)C2CC3CCC2C3)CCCC1. The van der Waals surface area contributed by atoms with Crippen LogP contribution in [0.1, 0.15) is 51.4 Å². The molecule has 3 saturated carbocycles. The van der Waals surface area contributed by atoms with Crippen molar-refractivity contribution in [3.8, 4) is 0 Å². The second-order valence-corrected chi connectivity index (χ2v) is 6.46. The first-order valence-electron chi connectivity index (χ1n) is 7.24. The predicted molar refractivity (Wildman–Crippen MR) is 67.3 cm³/mol. The van der Waals surface area contributed by atoms with Gasteiger partial charge in [-0.3, -0.25) is 4.79 Å². The van der Waals surface area contributed by atoms with Crippen LogP contribution in [0, 0.1) is 17.8 Å². The molecule has 3 N–H and O–H groups in total. The first kappa shape index (κ1) is 11.5. The Morgan fingerprint density at radius 1 is 1.24 bits per heavy atom. The van der Waals surface area contributed by atoms with Crippen LogP contribution >= 0.6 is 0 Å². The molecular weight excluding hydrogens is 212 g/mol. The summed E-state index contributed by atoms with van der Waals surface area (Å²) in [5, 5.41) is 3.30. The lowest BCUT2D eigenvalue weighted by atomic mass is 9.86. The molecule has 0 aromatic heterocycles. The van der Waals surface area contributed by atoms with Gasteiger partial charge in [0.1, 0.15) is 0 Å². The van der Waals surface area contributed by atoms with E-state index >= 15 is 0 Å². The van der Waals surface area contributed by atoms with Crippen LogP contribution in [0.25, 0.3) is 0 Å². The van der Waals surface area contributed by atoms with Crippen LogP contribution in [0.4, 0.5) is 0 Å². The molecule has 3 atom stereocenters. The highest BCUT2D eigenvalue weighted by Gasteiger charge is 2.45. The Labute approximate surface area is 104 Å². The lowest BCUT2D eigenvalue weighted by molar-refractivity contribution is -0.128. The largest absolute Gasteiger partial charge is 0.349 e. The number of fused-ring (bicyclic) bond motifs is 2. The topological polar surface area (TPSA) is 55.1 Å². The minimum atomic E-state index is -0.0566. The smallest absolute Gasteiger partial charge is 0.223 e. The standard InChI is InChI=1S/C14H24N2O/c15-9-14(5-1-2-6-14)16-13(17)12-8-10-3-4-11(12)7-10/h10-12H,1-9,15H2,(H,16,17). The molecule has 17 heavy (non-hydrogen) atoms. The van der Waals surface area contributed by atoms with E-state index < -0.39 is 0 Å². The fourth-order valence-electron chi connectivity index (χ4n) is 4.35. The minimum Gasteiger partial charge on any atom is -0.349 e. The maximum Gasteiger partial charge on any atom is 0.223 e. The monoisotopic (exact) mass is 236 g/mol. The molecule has 0 radical (unpaired) electrons. The molecule has 2 bridgehead atoms. The Bertz CT molecular complexity index is 309. The van der Waals surface area contributed by atoms with Gasteiger partial charge in [-0.15, -0.1) is 0 Å². The molecule has 0 aromatic carbocycles. The minimum absolute atomic E-state index is 0.0566. The van der Waals surface area contributed by atoms with Crippen LogP contribution in [0.5, 0.6) is 0 Å². The van der Waals surface area contributed by atoms with E-state index in [0.717, 1.165) is 25.2 Å². The zero-order valence-corrected chi connectivity index (χ0v) is 10.6. The van der Waals surface area contributed by atoms with Gasteiger partial charge in [-0.1, -0.05) is 19.3 Å². The van der Waals surface area contributed by atoms with Gasteiger partial charge in [-0.05, 0) is 43.9 Å². The Hall–Kier alpha value is -0.570. The Morgan fingerprint density at radius 2 is 2.00 bits per heavy atom. The highest BCUT2D eigenvalue weighted by Crippen LogP contribution is 2.48. The van der Waals surface area contributed by atoms with Crippen LogP contribution in [0.15, 0.2) is 0 Å². The molecule has 96 valence electrons. The van der Waals surface area contributed by atoms with Gasteiger partial charge in [-0.25, -0.2) is 0 Å². The lowest BCUT2D eigenvalue weighted by Gasteiger charge is -2.32. The maximum absolute atomic E-state index is 12.4. The number of carbonyl (C=O) groups excluding carboxylic acids is 1. The summed E-state index contributed by atoms with van der Waals surface area (Å²) in [5.41, 5.74) is 5.82. The predicted octanol–water partition coefficient (Wildman–Crippen LogP) is 1.81. The summed E-state index contributed by atoms with van der Waals surface area (Å²) in [4.78, 5) is 12.4. The van der Waals surface area contributed by atoms with E-state index in [-0.39, 0.29) is 5.54 Å². The number of nitrogens with one attached hydrogen (secondary N) is 1. The third-order valence-corrected chi connectivity index (χ3v) is 5.41. The summed E-state index contributed by atoms with van der Waals surface area (Å²) >= 11 is 0. The van der Waals surface area contributed by atoms with Crippen LogP contribution in [0.3, 0.4) is 0 Å². The van der Waals surface area contributed by atoms with Crippen molar-refractivity contribution in [2.75, 3.05) is 6.54 Å². The van der Waals surface area contributed by atoms with E-state index in [1.54, 1.807) is 0 Å². The van der Waals surface area contributed by atoms with Crippen molar-refractivity contribution in [3.63, 3.8) is 0 Å².